The molecule has 1 aromatic rings. The molecule has 2 rings (SSSR count). The predicted octanol–water partition coefficient (Wildman–Crippen LogP) is 0.228. The van der Waals surface area contributed by atoms with Crippen molar-refractivity contribution in [3.8, 4) is 0 Å². The number of aliphatic imine (C=N–C) groups is 2. The third-order valence-electron chi connectivity index (χ3n) is 3.48. The van der Waals surface area contributed by atoms with Crippen molar-refractivity contribution < 1.29 is 4.79 Å². The predicted molar refractivity (Wildman–Crippen MR) is 93.0 cm³/mol. The number of nitrogens with two attached hydrogens (primary N) is 3. The topological polar surface area (TPSA) is 126 Å². The van der Waals surface area contributed by atoms with Gasteiger partial charge in [0.1, 0.15) is 0 Å². The van der Waals surface area contributed by atoms with Crippen LogP contribution in [-0.4, -0.2) is 48.9 Å². The lowest BCUT2D eigenvalue weighted by molar-refractivity contribution is -0.129. The Morgan fingerprint density at radius 2 is 1.83 bits per heavy atom. The highest BCUT2D eigenvalue weighted by Crippen LogP contribution is 2.32. The first-order valence-electron chi connectivity index (χ1n) is 7.10. The van der Waals surface area contributed by atoms with Crippen LogP contribution in [0.4, 0.5) is 11.4 Å². The molecule has 8 nitrogen and oxygen atoms in total. The molecule has 1 aliphatic heterocycles. The van der Waals surface area contributed by atoms with Crippen molar-refractivity contribution in [3.05, 3.63) is 23.2 Å². The van der Waals surface area contributed by atoms with Gasteiger partial charge in [-0.15, -0.1) is 0 Å². The fourth-order valence-electron chi connectivity index (χ4n) is 2.40. The van der Waals surface area contributed by atoms with Gasteiger partial charge in [0.05, 0.1) is 11.4 Å². The fraction of sp³-hybridized carbons (Fsp3) is 0.357. The molecular formula is C14H20ClN7O. The first-order valence-corrected chi connectivity index (χ1v) is 7.48. The Kier molecular flexibility index (Phi) is 5.28. The Morgan fingerprint density at radius 1 is 1.17 bits per heavy atom. The number of piperazine rings is 1. The number of guanidine groups is 2. The van der Waals surface area contributed by atoms with Crippen LogP contribution in [0.2, 0.25) is 5.02 Å². The van der Waals surface area contributed by atoms with Crippen molar-refractivity contribution in [2.75, 3.05) is 31.1 Å². The summed E-state index contributed by atoms with van der Waals surface area (Å²) in [6, 6.07) is 5.35. The lowest BCUT2D eigenvalue weighted by Gasteiger charge is -2.36. The van der Waals surface area contributed by atoms with E-state index in [0.29, 0.717) is 36.9 Å². The zero-order valence-corrected chi connectivity index (χ0v) is 13.6. The normalized spacial score (nSPS) is 15.5. The monoisotopic (exact) mass is 337 g/mol. The second-order valence-electron chi connectivity index (χ2n) is 5.13. The highest BCUT2D eigenvalue weighted by atomic mass is 35.5. The maximum atomic E-state index is 11.4. The summed E-state index contributed by atoms with van der Waals surface area (Å²) in [7, 11) is 0. The number of hydrogen-bond acceptors (Lipinski definition) is 3. The summed E-state index contributed by atoms with van der Waals surface area (Å²) >= 11 is 6.04. The average Bonchev–Trinajstić information content (AvgIpc) is 2.46. The highest BCUT2D eigenvalue weighted by Gasteiger charge is 2.20. The van der Waals surface area contributed by atoms with Gasteiger partial charge in [0, 0.05) is 38.1 Å². The molecule has 0 spiro atoms. The van der Waals surface area contributed by atoms with Gasteiger partial charge in [-0.25, -0.2) is 4.99 Å². The standard InChI is InChI=1S/C14H20ClN7O/c1-9(23)21-4-6-22(7-5-21)12-3-2-10(15)8-11(12)19-14(18)20-13(16)17/h2-3,8H,4-7H2,1H3,(H6,16,17,18,19,20). The van der Waals surface area contributed by atoms with Crippen molar-refractivity contribution in [1.29, 1.82) is 0 Å². The Bertz CT molecular complexity index is 647. The molecule has 0 radical (unpaired) electrons. The Balaban J connectivity index is 2.26. The first-order chi connectivity index (χ1) is 10.9. The molecule has 0 atom stereocenters. The molecule has 1 saturated heterocycles. The lowest BCUT2D eigenvalue weighted by atomic mass is 10.2. The third-order valence-corrected chi connectivity index (χ3v) is 3.72. The van der Waals surface area contributed by atoms with Crippen LogP contribution in [-0.2, 0) is 4.79 Å². The van der Waals surface area contributed by atoms with E-state index >= 15 is 0 Å². The zero-order chi connectivity index (χ0) is 17.0. The maximum Gasteiger partial charge on any atom is 0.223 e. The summed E-state index contributed by atoms with van der Waals surface area (Å²) in [5, 5.41) is 0.535. The number of amides is 1. The second-order valence-corrected chi connectivity index (χ2v) is 5.57. The molecule has 9 heteroatoms. The lowest BCUT2D eigenvalue weighted by Crippen LogP contribution is -2.48. The van der Waals surface area contributed by atoms with Crippen LogP contribution in [0.15, 0.2) is 28.2 Å². The largest absolute Gasteiger partial charge is 0.370 e. The van der Waals surface area contributed by atoms with Crippen molar-refractivity contribution in [2.24, 2.45) is 27.2 Å². The quantitative estimate of drug-likeness (QED) is 0.526. The van der Waals surface area contributed by atoms with Crippen molar-refractivity contribution >= 4 is 40.8 Å². The molecule has 6 N–H and O–H groups in total. The molecule has 0 bridgehead atoms. The Hall–Kier alpha value is -2.48. The first kappa shape index (κ1) is 16.9. The van der Waals surface area contributed by atoms with Crippen molar-refractivity contribution in [2.45, 2.75) is 6.92 Å². The SMILES string of the molecule is CC(=O)N1CCN(c2ccc(Cl)cc2N=C(N)N=C(N)N)CC1. The maximum absolute atomic E-state index is 11.4. The minimum Gasteiger partial charge on any atom is -0.370 e. The van der Waals surface area contributed by atoms with E-state index in [1.165, 1.54) is 0 Å². The number of carbonyl (C=O) groups excluding carboxylic acids is 1. The number of rotatable bonds is 2. The van der Waals surface area contributed by atoms with Crippen molar-refractivity contribution in [1.82, 2.24) is 4.90 Å². The number of halogens is 1. The second kappa shape index (κ2) is 7.19. The van der Waals surface area contributed by atoms with E-state index in [9.17, 15) is 4.79 Å². The van der Waals surface area contributed by atoms with Crippen LogP contribution in [0, 0.1) is 0 Å². The molecular weight excluding hydrogens is 318 g/mol. The average molecular weight is 338 g/mol. The smallest absolute Gasteiger partial charge is 0.223 e. The summed E-state index contributed by atoms with van der Waals surface area (Å²) in [5.41, 5.74) is 17.7. The van der Waals surface area contributed by atoms with Gasteiger partial charge in [0.2, 0.25) is 11.9 Å². The summed E-state index contributed by atoms with van der Waals surface area (Å²) in [6.45, 7) is 4.29. The summed E-state index contributed by atoms with van der Waals surface area (Å²) in [4.78, 5) is 23.3. The number of benzene rings is 1. The van der Waals surface area contributed by atoms with Crippen LogP contribution in [0.5, 0.6) is 0 Å². The third kappa shape index (κ3) is 4.49. The van der Waals surface area contributed by atoms with Crippen LogP contribution in [0.3, 0.4) is 0 Å². The molecule has 23 heavy (non-hydrogen) atoms. The Morgan fingerprint density at radius 3 is 2.39 bits per heavy atom. The van der Waals surface area contributed by atoms with E-state index in [1.54, 1.807) is 19.1 Å². The molecule has 0 unspecified atom stereocenters. The van der Waals surface area contributed by atoms with Gasteiger partial charge in [-0.05, 0) is 18.2 Å². The van der Waals surface area contributed by atoms with E-state index in [-0.39, 0.29) is 17.8 Å². The molecule has 0 aromatic heterocycles. The van der Waals surface area contributed by atoms with Gasteiger partial charge in [-0.2, -0.15) is 4.99 Å². The van der Waals surface area contributed by atoms with Crippen LogP contribution < -0.4 is 22.1 Å². The minimum atomic E-state index is -0.162. The van der Waals surface area contributed by atoms with E-state index in [2.05, 4.69) is 14.9 Å². The van der Waals surface area contributed by atoms with E-state index < -0.39 is 0 Å². The van der Waals surface area contributed by atoms with E-state index in [0.717, 1.165) is 5.69 Å². The molecule has 124 valence electrons. The van der Waals surface area contributed by atoms with E-state index in [1.807, 2.05) is 11.0 Å². The Labute approximate surface area is 139 Å². The minimum absolute atomic E-state index is 0.0455. The van der Waals surface area contributed by atoms with E-state index in [4.69, 9.17) is 28.8 Å². The summed E-state index contributed by atoms with van der Waals surface area (Å²) in [5.74, 6) is -0.128. The van der Waals surface area contributed by atoms with Gasteiger partial charge in [0.15, 0.2) is 5.96 Å². The number of anilines is 1. The summed E-state index contributed by atoms with van der Waals surface area (Å²) in [6.07, 6.45) is 0. The molecule has 0 saturated carbocycles. The van der Waals surface area contributed by atoms with Crippen LogP contribution in [0.25, 0.3) is 0 Å². The van der Waals surface area contributed by atoms with Crippen molar-refractivity contribution in [3.63, 3.8) is 0 Å². The van der Waals surface area contributed by atoms with Gasteiger partial charge in [-0.1, -0.05) is 11.6 Å². The van der Waals surface area contributed by atoms with Crippen LogP contribution in [0.1, 0.15) is 6.92 Å². The highest BCUT2D eigenvalue weighted by molar-refractivity contribution is 6.31. The van der Waals surface area contributed by atoms with Gasteiger partial charge < -0.3 is 27.0 Å². The van der Waals surface area contributed by atoms with Crippen LogP contribution >= 0.6 is 11.6 Å². The molecule has 1 heterocycles. The number of carbonyl (C=O) groups is 1. The van der Waals surface area contributed by atoms with Gasteiger partial charge >= 0.3 is 0 Å². The number of nitrogens with zero attached hydrogens (tertiary/aromatic N) is 4. The number of hydrogen-bond donors (Lipinski definition) is 3. The summed E-state index contributed by atoms with van der Waals surface area (Å²) < 4.78 is 0. The molecule has 0 aliphatic carbocycles. The molecule has 1 aromatic carbocycles. The molecule has 1 aliphatic rings. The molecule has 1 amide bonds. The van der Waals surface area contributed by atoms with Gasteiger partial charge in [0.25, 0.3) is 0 Å². The fourth-order valence-corrected chi connectivity index (χ4v) is 2.56. The van der Waals surface area contributed by atoms with Gasteiger partial charge in [-0.3, -0.25) is 4.79 Å². The zero-order valence-electron chi connectivity index (χ0n) is 12.9. The molecule has 1 fully saturated rings.